The standard InChI is InChI=1S/C13H10N2O3S/c14-10-6-9(13(16)19)7-11(15(17)18)12(10)8-4-2-1-3-5-8/h1-7H,14H2,(H,16,19). The summed E-state index contributed by atoms with van der Waals surface area (Å²) in [6.45, 7) is 0. The molecule has 0 atom stereocenters. The van der Waals surface area contributed by atoms with Gasteiger partial charge in [0, 0.05) is 17.3 Å². The first-order valence-corrected chi connectivity index (χ1v) is 5.82. The monoisotopic (exact) mass is 274 g/mol. The summed E-state index contributed by atoms with van der Waals surface area (Å²) < 4.78 is 0. The SMILES string of the molecule is Nc1cc(C(=O)S)cc([N+](=O)[O-])c1-c1ccccc1. The van der Waals surface area contributed by atoms with Crippen LogP contribution in [0.1, 0.15) is 10.4 Å². The Hall–Kier alpha value is -2.34. The predicted octanol–water partition coefficient (Wildman–Crippen LogP) is 2.91. The van der Waals surface area contributed by atoms with E-state index in [4.69, 9.17) is 5.73 Å². The van der Waals surface area contributed by atoms with Crippen LogP contribution in [0.25, 0.3) is 11.1 Å². The van der Waals surface area contributed by atoms with E-state index in [0.29, 0.717) is 11.1 Å². The van der Waals surface area contributed by atoms with Crippen LogP contribution >= 0.6 is 12.6 Å². The number of benzene rings is 2. The molecule has 0 aliphatic heterocycles. The molecule has 2 N–H and O–H groups in total. The number of carbonyl (C=O) groups excluding carboxylic acids is 1. The van der Waals surface area contributed by atoms with Gasteiger partial charge in [-0.2, -0.15) is 0 Å². The van der Waals surface area contributed by atoms with Crippen molar-refractivity contribution in [3.05, 3.63) is 58.1 Å². The normalized spacial score (nSPS) is 10.2. The van der Waals surface area contributed by atoms with Crippen LogP contribution in [0.3, 0.4) is 0 Å². The van der Waals surface area contributed by atoms with Gasteiger partial charge in [0.2, 0.25) is 5.12 Å². The number of nitro groups is 1. The van der Waals surface area contributed by atoms with Crippen molar-refractivity contribution in [3.63, 3.8) is 0 Å². The number of nitrogens with zero attached hydrogens (tertiary/aromatic N) is 1. The Labute approximate surface area is 114 Å². The topological polar surface area (TPSA) is 86.2 Å². The van der Waals surface area contributed by atoms with Crippen LogP contribution in [-0.2, 0) is 0 Å². The van der Waals surface area contributed by atoms with Crippen LogP contribution in [0.2, 0.25) is 0 Å². The van der Waals surface area contributed by atoms with Crippen LogP contribution in [0, 0.1) is 10.1 Å². The minimum atomic E-state index is -0.561. The minimum Gasteiger partial charge on any atom is -0.398 e. The Bertz CT molecular complexity index is 656. The van der Waals surface area contributed by atoms with Crippen molar-refractivity contribution in [3.8, 4) is 11.1 Å². The molecule has 0 saturated heterocycles. The van der Waals surface area contributed by atoms with Crippen LogP contribution in [0.4, 0.5) is 11.4 Å². The maximum absolute atomic E-state index is 11.2. The van der Waals surface area contributed by atoms with E-state index >= 15 is 0 Å². The quantitative estimate of drug-likeness (QED) is 0.390. The average Bonchev–Trinajstić information content (AvgIpc) is 2.38. The van der Waals surface area contributed by atoms with E-state index in [-0.39, 0.29) is 16.9 Å². The number of hydrogen-bond acceptors (Lipinski definition) is 4. The lowest BCUT2D eigenvalue weighted by Crippen LogP contribution is -2.01. The molecule has 0 heterocycles. The molecule has 96 valence electrons. The fourth-order valence-corrected chi connectivity index (χ4v) is 1.96. The summed E-state index contributed by atoms with van der Waals surface area (Å²) in [6.07, 6.45) is 0. The second-order valence-electron chi connectivity index (χ2n) is 3.89. The summed E-state index contributed by atoms with van der Waals surface area (Å²) in [5.74, 6) is 0. The van der Waals surface area contributed by atoms with Gasteiger partial charge in [-0.3, -0.25) is 14.9 Å². The Morgan fingerprint density at radius 1 is 1.21 bits per heavy atom. The van der Waals surface area contributed by atoms with E-state index in [1.807, 2.05) is 0 Å². The number of carbonyl (C=O) groups is 1. The smallest absolute Gasteiger partial charge is 0.280 e. The van der Waals surface area contributed by atoms with Crippen molar-refractivity contribution in [2.24, 2.45) is 0 Å². The highest BCUT2D eigenvalue weighted by Gasteiger charge is 2.21. The third-order valence-electron chi connectivity index (χ3n) is 2.65. The van der Waals surface area contributed by atoms with Crippen LogP contribution in [-0.4, -0.2) is 10.0 Å². The Balaban J connectivity index is 2.73. The maximum Gasteiger partial charge on any atom is 0.280 e. The maximum atomic E-state index is 11.2. The number of anilines is 1. The van der Waals surface area contributed by atoms with Crippen molar-refractivity contribution >= 4 is 29.1 Å². The number of hydrogen-bond donors (Lipinski definition) is 2. The Morgan fingerprint density at radius 3 is 2.37 bits per heavy atom. The Morgan fingerprint density at radius 2 is 1.84 bits per heavy atom. The lowest BCUT2D eigenvalue weighted by atomic mass is 9.99. The van der Waals surface area contributed by atoms with Gasteiger partial charge in [0.1, 0.15) is 0 Å². The number of rotatable bonds is 3. The van der Waals surface area contributed by atoms with Gasteiger partial charge in [0.05, 0.1) is 10.5 Å². The largest absolute Gasteiger partial charge is 0.398 e. The zero-order valence-electron chi connectivity index (χ0n) is 9.74. The molecule has 0 amide bonds. The fraction of sp³-hybridized carbons (Fsp3) is 0. The molecule has 0 radical (unpaired) electrons. The summed E-state index contributed by atoms with van der Waals surface area (Å²) in [5, 5.41) is 10.6. The van der Waals surface area contributed by atoms with E-state index in [0.717, 1.165) is 0 Å². The predicted molar refractivity (Wildman–Crippen MR) is 76.3 cm³/mol. The van der Waals surface area contributed by atoms with Crippen LogP contribution in [0.5, 0.6) is 0 Å². The first kappa shape index (κ1) is 13.1. The fourth-order valence-electron chi connectivity index (χ4n) is 1.84. The second-order valence-corrected chi connectivity index (χ2v) is 4.29. The molecule has 0 bridgehead atoms. The van der Waals surface area contributed by atoms with Crippen molar-refractivity contribution < 1.29 is 9.72 Å². The molecule has 2 aromatic rings. The van der Waals surface area contributed by atoms with Crippen molar-refractivity contribution in [2.75, 3.05) is 5.73 Å². The first-order valence-electron chi connectivity index (χ1n) is 5.37. The van der Waals surface area contributed by atoms with Crippen LogP contribution in [0.15, 0.2) is 42.5 Å². The van der Waals surface area contributed by atoms with Crippen LogP contribution < -0.4 is 5.73 Å². The molecule has 6 heteroatoms. The van der Waals surface area contributed by atoms with Gasteiger partial charge < -0.3 is 5.73 Å². The van der Waals surface area contributed by atoms with Gasteiger partial charge in [-0.1, -0.05) is 30.3 Å². The molecule has 0 saturated carbocycles. The summed E-state index contributed by atoms with van der Waals surface area (Å²) in [6, 6.07) is 11.4. The molecule has 2 aromatic carbocycles. The molecule has 19 heavy (non-hydrogen) atoms. The number of thiol groups is 1. The van der Waals surface area contributed by atoms with Gasteiger partial charge in [0.15, 0.2) is 0 Å². The van der Waals surface area contributed by atoms with E-state index in [1.54, 1.807) is 30.3 Å². The van der Waals surface area contributed by atoms with Gasteiger partial charge in [-0.05, 0) is 11.6 Å². The first-order chi connectivity index (χ1) is 9.00. The number of nitro benzene ring substituents is 1. The van der Waals surface area contributed by atoms with Gasteiger partial charge in [-0.25, -0.2) is 0 Å². The lowest BCUT2D eigenvalue weighted by molar-refractivity contribution is -0.384. The Kier molecular flexibility index (Phi) is 3.52. The van der Waals surface area contributed by atoms with Crippen molar-refractivity contribution in [2.45, 2.75) is 0 Å². The van der Waals surface area contributed by atoms with Crippen molar-refractivity contribution in [1.82, 2.24) is 0 Å². The molecule has 5 nitrogen and oxygen atoms in total. The molecule has 0 aliphatic rings. The lowest BCUT2D eigenvalue weighted by Gasteiger charge is -2.08. The summed E-state index contributed by atoms with van der Waals surface area (Å²) in [7, 11) is 0. The summed E-state index contributed by atoms with van der Waals surface area (Å²) in [4.78, 5) is 21.8. The molecule has 0 unspecified atom stereocenters. The summed E-state index contributed by atoms with van der Waals surface area (Å²) in [5.41, 5.74) is 6.86. The molecule has 0 fully saturated rings. The molecular formula is C13H10N2O3S. The van der Waals surface area contributed by atoms with Gasteiger partial charge in [0.25, 0.3) is 5.69 Å². The number of nitrogens with two attached hydrogens (primary N) is 1. The molecule has 2 rings (SSSR count). The van der Waals surface area contributed by atoms with E-state index in [9.17, 15) is 14.9 Å². The highest BCUT2D eigenvalue weighted by atomic mass is 32.1. The van der Waals surface area contributed by atoms with E-state index in [2.05, 4.69) is 12.6 Å². The second kappa shape index (κ2) is 5.11. The van der Waals surface area contributed by atoms with Gasteiger partial charge >= 0.3 is 0 Å². The number of nitrogen functional groups attached to an aromatic ring is 1. The van der Waals surface area contributed by atoms with Gasteiger partial charge in [-0.15, -0.1) is 12.6 Å². The molecular weight excluding hydrogens is 264 g/mol. The third-order valence-corrected chi connectivity index (χ3v) is 2.91. The van der Waals surface area contributed by atoms with E-state index < -0.39 is 10.0 Å². The summed E-state index contributed by atoms with van der Waals surface area (Å²) >= 11 is 3.66. The minimum absolute atomic E-state index is 0.104. The zero-order valence-corrected chi connectivity index (χ0v) is 10.6. The highest BCUT2D eigenvalue weighted by Crippen LogP contribution is 2.36. The average molecular weight is 274 g/mol. The molecule has 0 spiro atoms. The third kappa shape index (κ3) is 2.58. The van der Waals surface area contributed by atoms with E-state index in [1.165, 1.54) is 12.1 Å². The zero-order chi connectivity index (χ0) is 14.0. The molecule has 0 aliphatic carbocycles. The van der Waals surface area contributed by atoms with Crippen molar-refractivity contribution in [1.29, 1.82) is 0 Å². The highest BCUT2D eigenvalue weighted by molar-refractivity contribution is 7.97. The molecule has 0 aromatic heterocycles.